The normalized spacial score (nSPS) is 10.4. The second kappa shape index (κ2) is 8.78. The highest BCUT2D eigenvalue weighted by Crippen LogP contribution is 2.13. The van der Waals surface area contributed by atoms with Gasteiger partial charge in [-0.3, -0.25) is 9.59 Å². The number of amides is 1. The van der Waals surface area contributed by atoms with E-state index in [1.807, 2.05) is 24.3 Å². The molecule has 0 fully saturated rings. The standard InChI is InChI=1S/C18H22N2O3/c19-16-9-4-3-7-14(16)13-15(21)8-2-1-5-11-20-18(22)17-10-6-12-23-17/h3-4,6-7,9-10,12H,1-2,5,8,11,13,19H2,(H,20,22). The van der Waals surface area contributed by atoms with Crippen molar-refractivity contribution in [1.82, 2.24) is 5.32 Å². The summed E-state index contributed by atoms with van der Waals surface area (Å²) in [4.78, 5) is 23.5. The summed E-state index contributed by atoms with van der Waals surface area (Å²) in [6.07, 6.45) is 4.96. The minimum absolute atomic E-state index is 0.197. The van der Waals surface area contributed by atoms with E-state index in [9.17, 15) is 9.59 Å². The van der Waals surface area contributed by atoms with Crippen molar-refractivity contribution in [3.8, 4) is 0 Å². The Bertz CT molecular complexity index is 635. The molecule has 0 bridgehead atoms. The summed E-state index contributed by atoms with van der Waals surface area (Å²) in [5.41, 5.74) is 7.39. The molecule has 5 nitrogen and oxygen atoms in total. The first-order chi connectivity index (χ1) is 11.2. The lowest BCUT2D eigenvalue weighted by Crippen LogP contribution is -2.23. The SMILES string of the molecule is Nc1ccccc1CC(=O)CCCCCNC(=O)c1ccco1. The number of nitrogens with one attached hydrogen (secondary N) is 1. The number of para-hydroxylation sites is 1. The lowest BCUT2D eigenvalue weighted by Gasteiger charge is -2.05. The van der Waals surface area contributed by atoms with Gasteiger partial charge < -0.3 is 15.5 Å². The molecule has 0 aliphatic heterocycles. The Kier molecular flexibility index (Phi) is 6.41. The summed E-state index contributed by atoms with van der Waals surface area (Å²) in [6.45, 7) is 0.583. The molecule has 0 saturated carbocycles. The van der Waals surface area contributed by atoms with E-state index in [0.717, 1.165) is 24.8 Å². The summed E-state index contributed by atoms with van der Waals surface area (Å²) >= 11 is 0. The first-order valence-electron chi connectivity index (χ1n) is 7.83. The van der Waals surface area contributed by atoms with Crippen LogP contribution >= 0.6 is 0 Å². The molecule has 0 aliphatic carbocycles. The molecular weight excluding hydrogens is 292 g/mol. The molecule has 5 heteroatoms. The third-order valence-corrected chi connectivity index (χ3v) is 3.61. The summed E-state index contributed by atoms with van der Waals surface area (Å²) in [5.74, 6) is 0.314. The predicted octanol–water partition coefficient (Wildman–Crippen LogP) is 2.96. The molecule has 122 valence electrons. The van der Waals surface area contributed by atoms with Gasteiger partial charge in [0.05, 0.1) is 6.26 Å². The number of Topliss-reactive ketones (excluding diaryl/α,β-unsaturated/α-hetero) is 1. The minimum atomic E-state index is -0.203. The fourth-order valence-electron chi connectivity index (χ4n) is 2.32. The van der Waals surface area contributed by atoms with Gasteiger partial charge in [-0.15, -0.1) is 0 Å². The van der Waals surface area contributed by atoms with E-state index in [-0.39, 0.29) is 11.7 Å². The van der Waals surface area contributed by atoms with E-state index in [2.05, 4.69) is 5.32 Å². The van der Waals surface area contributed by atoms with E-state index in [4.69, 9.17) is 10.2 Å². The number of ketones is 1. The van der Waals surface area contributed by atoms with E-state index in [1.165, 1.54) is 6.26 Å². The van der Waals surface area contributed by atoms with E-state index in [1.54, 1.807) is 12.1 Å². The van der Waals surface area contributed by atoms with Gasteiger partial charge in [0.1, 0.15) is 5.78 Å². The predicted molar refractivity (Wildman–Crippen MR) is 89.1 cm³/mol. The number of hydrogen-bond donors (Lipinski definition) is 2. The van der Waals surface area contributed by atoms with Gasteiger partial charge in [-0.25, -0.2) is 0 Å². The van der Waals surface area contributed by atoms with Crippen molar-refractivity contribution in [2.75, 3.05) is 12.3 Å². The number of carbonyl (C=O) groups excluding carboxylic acids is 2. The quantitative estimate of drug-likeness (QED) is 0.550. The Morgan fingerprint density at radius 3 is 2.61 bits per heavy atom. The molecule has 2 rings (SSSR count). The van der Waals surface area contributed by atoms with Gasteiger partial charge in [0.25, 0.3) is 5.91 Å². The topological polar surface area (TPSA) is 85.3 Å². The number of rotatable bonds is 9. The third-order valence-electron chi connectivity index (χ3n) is 3.61. The van der Waals surface area contributed by atoms with Gasteiger partial charge in [0, 0.05) is 25.1 Å². The number of nitrogens with two attached hydrogens (primary N) is 1. The molecule has 1 amide bonds. The van der Waals surface area contributed by atoms with Crippen LogP contribution in [0.5, 0.6) is 0 Å². The van der Waals surface area contributed by atoms with E-state index < -0.39 is 0 Å². The minimum Gasteiger partial charge on any atom is -0.459 e. The average Bonchev–Trinajstić information content (AvgIpc) is 3.07. The van der Waals surface area contributed by atoms with Gasteiger partial charge in [0.15, 0.2) is 5.76 Å². The fraction of sp³-hybridized carbons (Fsp3) is 0.333. The first-order valence-corrected chi connectivity index (χ1v) is 7.83. The molecule has 0 saturated heterocycles. The van der Waals surface area contributed by atoms with Crippen LogP contribution < -0.4 is 11.1 Å². The zero-order valence-electron chi connectivity index (χ0n) is 13.1. The fourth-order valence-corrected chi connectivity index (χ4v) is 2.32. The molecule has 1 aromatic carbocycles. The molecular formula is C18H22N2O3. The molecule has 1 heterocycles. The van der Waals surface area contributed by atoms with Gasteiger partial charge in [-0.05, 0) is 36.6 Å². The van der Waals surface area contributed by atoms with Gasteiger partial charge in [-0.2, -0.15) is 0 Å². The Hall–Kier alpha value is -2.56. The third kappa shape index (κ3) is 5.62. The van der Waals surface area contributed by atoms with Crippen molar-refractivity contribution >= 4 is 17.4 Å². The molecule has 1 aromatic heterocycles. The lowest BCUT2D eigenvalue weighted by molar-refractivity contribution is -0.118. The van der Waals surface area contributed by atoms with Crippen LogP contribution in [0.1, 0.15) is 41.8 Å². The van der Waals surface area contributed by atoms with Crippen LogP contribution in [0, 0.1) is 0 Å². The number of benzene rings is 1. The zero-order valence-corrected chi connectivity index (χ0v) is 13.1. The molecule has 0 atom stereocenters. The van der Waals surface area contributed by atoms with Gasteiger partial charge >= 0.3 is 0 Å². The Morgan fingerprint density at radius 2 is 1.87 bits per heavy atom. The van der Waals surface area contributed by atoms with Crippen molar-refractivity contribution in [3.05, 3.63) is 54.0 Å². The van der Waals surface area contributed by atoms with Crippen LogP contribution in [0.4, 0.5) is 5.69 Å². The number of nitrogen functional groups attached to an aromatic ring is 1. The second-order valence-electron chi connectivity index (χ2n) is 5.46. The average molecular weight is 314 g/mol. The van der Waals surface area contributed by atoms with Crippen LogP contribution in [-0.2, 0) is 11.2 Å². The lowest BCUT2D eigenvalue weighted by atomic mass is 10.0. The monoisotopic (exact) mass is 314 g/mol. The molecule has 0 spiro atoms. The van der Waals surface area contributed by atoms with Crippen LogP contribution in [0.15, 0.2) is 47.1 Å². The maximum Gasteiger partial charge on any atom is 0.286 e. The summed E-state index contributed by atoms with van der Waals surface area (Å²) in [5, 5.41) is 2.79. The van der Waals surface area contributed by atoms with Crippen molar-refractivity contribution in [2.24, 2.45) is 0 Å². The first kappa shape index (κ1) is 16.8. The Balaban J connectivity index is 1.56. The summed E-state index contributed by atoms with van der Waals surface area (Å²) in [7, 11) is 0. The molecule has 0 aliphatic rings. The summed E-state index contributed by atoms with van der Waals surface area (Å²) in [6, 6.07) is 10.8. The largest absolute Gasteiger partial charge is 0.459 e. The molecule has 23 heavy (non-hydrogen) atoms. The van der Waals surface area contributed by atoms with Crippen LogP contribution in [-0.4, -0.2) is 18.2 Å². The van der Waals surface area contributed by atoms with Crippen LogP contribution in [0.3, 0.4) is 0 Å². The Morgan fingerprint density at radius 1 is 1.04 bits per heavy atom. The van der Waals surface area contributed by atoms with Crippen molar-refractivity contribution in [3.63, 3.8) is 0 Å². The van der Waals surface area contributed by atoms with Crippen LogP contribution in [0.2, 0.25) is 0 Å². The van der Waals surface area contributed by atoms with Crippen molar-refractivity contribution < 1.29 is 14.0 Å². The Labute approximate surface area is 135 Å². The number of carbonyl (C=O) groups is 2. The highest BCUT2D eigenvalue weighted by Gasteiger charge is 2.08. The van der Waals surface area contributed by atoms with Crippen LogP contribution in [0.25, 0.3) is 0 Å². The zero-order chi connectivity index (χ0) is 16.5. The maximum atomic E-state index is 11.9. The van der Waals surface area contributed by atoms with E-state index >= 15 is 0 Å². The highest BCUT2D eigenvalue weighted by molar-refractivity contribution is 5.91. The smallest absolute Gasteiger partial charge is 0.286 e. The molecule has 0 unspecified atom stereocenters. The number of hydrogen-bond acceptors (Lipinski definition) is 4. The second-order valence-corrected chi connectivity index (χ2v) is 5.46. The summed E-state index contributed by atoms with van der Waals surface area (Å²) < 4.78 is 5.00. The van der Waals surface area contributed by atoms with Crippen molar-refractivity contribution in [1.29, 1.82) is 0 Å². The number of anilines is 1. The maximum absolute atomic E-state index is 11.9. The highest BCUT2D eigenvalue weighted by atomic mass is 16.3. The number of unbranched alkanes of at least 4 members (excludes halogenated alkanes) is 2. The molecule has 3 N–H and O–H groups in total. The molecule has 2 aromatic rings. The van der Waals surface area contributed by atoms with Gasteiger partial charge in [-0.1, -0.05) is 24.6 Å². The van der Waals surface area contributed by atoms with E-state index in [0.29, 0.717) is 30.8 Å². The molecule has 0 radical (unpaired) electrons. The number of furan rings is 1. The van der Waals surface area contributed by atoms with Crippen molar-refractivity contribution in [2.45, 2.75) is 32.1 Å². The van der Waals surface area contributed by atoms with Gasteiger partial charge in [0.2, 0.25) is 0 Å².